The minimum atomic E-state index is -0.435. The lowest BCUT2D eigenvalue weighted by Gasteiger charge is -2.17. The van der Waals surface area contributed by atoms with E-state index in [0.29, 0.717) is 11.7 Å². The van der Waals surface area contributed by atoms with E-state index >= 15 is 0 Å². The summed E-state index contributed by atoms with van der Waals surface area (Å²) in [4.78, 5) is 4.58. The van der Waals surface area contributed by atoms with Crippen LogP contribution in [0.1, 0.15) is 31.6 Å². The second-order valence-corrected chi connectivity index (χ2v) is 5.81. The fourth-order valence-electron chi connectivity index (χ4n) is 3.18. The van der Waals surface area contributed by atoms with E-state index in [1.807, 2.05) is 24.3 Å². The number of hydrogen-bond donors (Lipinski definition) is 1. The Hall–Kier alpha value is -2.20. The molecule has 1 saturated carbocycles. The Morgan fingerprint density at radius 1 is 1.00 bits per heavy atom. The van der Waals surface area contributed by atoms with Crippen molar-refractivity contribution in [3.05, 3.63) is 48.4 Å². The number of nitrogens with two attached hydrogens (primary N) is 1. The van der Waals surface area contributed by atoms with E-state index in [1.54, 1.807) is 0 Å². The van der Waals surface area contributed by atoms with Crippen LogP contribution in [0.25, 0.3) is 22.2 Å². The number of hydrogen-bond acceptors (Lipinski definition) is 4. The molecule has 21 heavy (non-hydrogen) atoms. The number of fused-ring (bicyclic) bond motifs is 1. The topological polar surface area (TPSA) is 64.9 Å². The summed E-state index contributed by atoms with van der Waals surface area (Å²) in [6, 6.07) is 14.3. The van der Waals surface area contributed by atoms with Crippen LogP contribution in [0.2, 0.25) is 0 Å². The summed E-state index contributed by atoms with van der Waals surface area (Å²) in [6.07, 6.45) is 4.10. The average Bonchev–Trinajstić information content (AvgIpc) is 3.16. The van der Waals surface area contributed by atoms with E-state index < -0.39 is 5.54 Å². The Morgan fingerprint density at radius 2 is 1.76 bits per heavy atom. The molecule has 3 aromatic rings. The van der Waals surface area contributed by atoms with Gasteiger partial charge in [0.1, 0.15) is 0 Å². The van der Waals surface area contributed by atoms with Crippen molar-refractivity contribution in [2.24, 2.45) is 5.73 Å². The number of nitrogens with zero attached hydrogens (tertiary/aromatic N) is 2. The highest BCUT2D eigenvalue weighted by atomic mass is 16.5. The highest BCUT2D eigenvalue weighted by Crippen LogP contribution is 2.36. The first-order valence-corrected chi connectivity index (χ1v) is 7.37. The Balaban J connectivity index is 1.81. The van der Waals surface area contributed by atoms with E-state index in [0.717, 1.165) is 36.6 Å². The van der Waals surface area contributed by atoms with Crippen molar-refractivity contribution >= 4 is 10.8 Å². The molecule has 1 aliphatic carbocycles. The summed E-state index contributed by atoms with van der Waals surface area (Å²) in [5, 5.41) is 6.46. The monoisotopic (exact) mass is 279 g/mol. The maximum atomic E-state index is 6.39. The van der Waals surface area contributed by atoms with Crippen molar-refractivity contribution in [1.29, 1.82) is 0 Å². The maximum absolute atomic E-state index is 6.39. The molecular formula is C17H17N3O. The number of rotatable bonds is 2. The van der Waals surface area contributed by atoms with Gasteiger partial charge < -0.3 is 10.3 Å². The van der Waals surface area contributed by atoms with Crippen LogP contribution >= 0.6 is 0 Å². The first-order valence-electron chi connectivity index (χ1n) is 7.37. The molecule has 4 rings (SSSR count). The Labute approximate surface area is 123 Å². The van der Waals surface area contributed by atoms with Crippen molar-refractivity contribution < 1.29 is 4.52 Å². The van der Waals surface area contributed by atoms with Gasteiger partial charge >= 0.3 is 0 Å². The first-order chi connectivity index (χ1) is 10.3. The molecule has 4 heteroatoms. The largest absolute Gasteiger partial charge is 0.337 e. The second-order valence-electron chi connectivity index (χ2n) is 5.81. The highest BCUT2D eigenvalue weighted by Gasteiger charge is 2.37. The van der Waals surface area contributed by atoms with Gasteiger partial charge in [-0.2, -0.15) is 4.98 Å². The van der Waals surface area contributed by atoms with E-state index in [-0.39, 0.29) is 0 Å². The van der Waals surface area contributed by atoms with Gasteiger partial charge in [-0.15, -0.1) is 0 Å². The SMILES string of the molecule is NC1(c2nc(-c3cccc4ccccc34)no2)CCCC1. The van der Waals surface area contributed by atoms with Gasteiger partial charge in [-0.25, -0.2) is 0 Å². The summed E-state index contributed by atoms with van der Waals surface area (Å²) in [5.41, 5.74) is 6.94. The van der Waals surface area contributed by atoms with Gasteiger partial charge in [0.2, 0.25) is 11.7 Å². The van der Waals surface area contributed by atoms with Crippen molar-refractivity contribution in [3.8, 4) is 11.4 Å². The second kappa shape index (κ2) is 4.67. The zero-order chi connectivity index (χ0) is 14.3. The molecule has 0 atom stereocenters. The van der Waals surface area contributed by atoms with E-state index in [2.05, 4.69) is 28.3 Å². The van der Waals surface area contributed by atoms with Gasteiger partial charge in [0, 0.05) is 5.56 Å². The van der Waals surface area contributed by atoms with Crippen molar-refractivity contribution in [2.45, 2.75) is 31.2 Å². The van der Waals surface area contributed by atoms with Gasteiger partial charge in [-0.05, 0) is 23.6 Å². The third-order valence-electron chi connectivity index (χ3n) is 4.38. The molecule has 1 fully saturated rings. The zero-order valence-corrected chi connectivity index (χ0v) is 11.7. The van der Waals surface area contributed by atoms with Crippen LogP contribution in [0.4, 0.5) is 0 Å². The smallest absolute Gasteiger partial charge is 0.247 e. The van der Waals surface area contributed by atoms with Gasteiger partial charge in [0.25, 0.3) is 0 Å². The third-order valence-corrected chi connectivity index (χ3v) is 4.38. The van der Waals surface area contributed by atoms with Crippen molar-refractivity contribution in [2.75, 3.05) is 0 Å². The van der Waals surface area contributed by atoms with Crippen molar-refractivity contribution in [1.82, 2.24) is 10.1 Å². The molecule has 2 N–H and O–H groups in total. The molecule has 0 unspecified atom stereocenters. The number of benzene rings is 2. The molecule has 2 aromatic carbocycles. The average molecular weight is 279 g/mol. The summed E-state index contributed by atoms with van der Waals surface area (Å²) in [5.74, 6) is 1.20. The summed E-state index contributed by atoms with van der Waals surface area (Å²) in [6.45, 7) is 0. The normalized spacial score (nSPS) is 17.4. The Morgan fingerprint density at radius 3 is 2.62 bits per heavy atom. The van der Waals surface area contributed by atoms with Gasteiger partial charge in [-0.1, -0.05) is 60.5 Å². The summed E-state index contributed by atoms with van der Waals surface area (Å²) >= 11 is 0. The Bertz CT molecular complexity index is 782. The van der Waals surface area contributed by atoms with Gasteiger partial charge in [0.15, 0.2) is 0 Å². The minimum absolute atomic E-state index is 0.435. The zero-order valence-electron chi connectivity index (χ0n) is 11.7. The van der Waals surface area contributed by atoms with Gasteiger partial charge in [0.05, 0.1) is 5.54 Å². The maximum Gasteiger partial charge on any atom is 0.247 e. The summed E-state index contributed by atoms with van der Waals surface area (Å²) < 4.78 is 5.47. The molecule has 1 heterocycles. The minimum Gasteiger partial charge on any atom is -0.337 e. The highest BCUT2D eigenvalue weighted by molar-refractivity contribution is 5.94. The third kappa shape index (κ3) is 2.03. The van der Waals surface area contributed by atoms with Crippen LogP contribution in [-0.2, 0) is 5.54 Å². The molecule has 0 spiro atoms. The van der Waals surface area contributed by atoms with Crippen LogP contribution in [0.3, 0.4) is 0 Å². The molecule has 0 amide bonds. The van der Waals surface area contributed by atoms with E-state index in [4.69, 9.17) is 10.3 Å². The first kappa shape index (κ1) is 12.5. The fraction of sp³-hybridized carbons (Fsp3) is 0.294. The lowest BCUT2D eigenvalue weighted by molar-refractivity contribution is 0.285. The van der Waals surface area contributed by atoms with Crippen LogP contribution in [0.15, 0.2) is 47.0 Å². The molecule has 1 aromatic heterocycles. The lowest BCUT2D eigenvalue weighted by Crippen LogP contribution is -2.33. The van der Waals surface area contributed by atoms with Crippen LogP contribution < -0.4 is 5.73 Å². The molecule has 0 bridgehead atoms. The molecule has 4 nitrogen and oxygen atoms in total. The Kier molecular flexibility index (Phi) is 2.79. The molecular weight excluding hydrogens is 262 g/mol. The molecule has 1 aliphatic rings. The molecule has 106 valence electrons. The predicted molar refractivity (Wildman–Crippen MR) is 81.6 cm³/mol. The quantitative estimate of drug-likeness (QED) is 0.778. The molecule has 0 saturated heterocycles. The van der Waals surface area contributed by atoms with Crippen LogP contribution in [0.5, 0.6) is 0 Å². The van der Waals surface area contributed by atoms with E-state index in [1.165, 1.54) is 5.39 Å². The van der Waals surface area contributed by atoms with Gasteiger partial charge in [-0.3, -0.25) is 0 Å². The summed E-state index contributed by atoms with van der Waals surface area (Å²) in [7, 11) is 0. The van der Waals surface area contributed by atoms with Crippen LogP contribution in [0, 0.1) is 0 Å². The van der Waals surface area contributed by atoms with Crippen LogP contribution in [-0.4, -0.2) is 10.1 Å². The molecule has 0 radical (unpaired) electrons. The number of aromatic nitrogens is 2. The molecule has 0 aliphatic heterocycles. The predicted octanol–water partition coefficient (Wildman–Crippen LogP) is 3.62. The lowest BCUT2D eigenvalue weighted by atomic mass is 9.99. The fourth-order valence-corrected chi connectivity index (χ4v) is 3.18. The van der Waals surface area contributed by atoms with Crippen molar-refractivity contribution in [3.63, 3.8) is 0 Å². The standard InChI is InChI=1S/C17H17N3O/c18-17(10-3-4-11-17)16-19-15(20-21-16)14-9-5-7-12-6-1-2-8-13(12)14/h1-2,5-9H,3-4,10-11,18H2. The van der Waals surface area contributed by atoms with E-state index in [9.17, 15) is 0 Å².